The van der Waals surface area contributed by atoms with E-state index < -0.39 is 0 Å². The molecular formula is C54H35N. The minimum Gasteiger partial charge on any atom is -0.309 e. The Morgan fingerprint density at radius 2 is 0.764 bits per heavy atom. The molecule has 0 bridgehead atoms. The Balaban J connectivity index is 1.08. The lowest BCUT2D eigenvalue weighted by Gasteiger charge is -2.20. The van der Waals surface area contributed by atoms with Crippen LogP contribution in [0.15, 0.2) is 212 Å². The van der Waals surface area contributed by atoms with Crippen molar-refractivity contribution in [2.24, 2.45) is 0 Å². The molecule has 0 radical (unpaired) electrons. The molecule has 1 heteroatoms. The van der Waals surface area contributed by atoms with Crippen LogP contribution in [-0.2, 0) is 0 Å². The van der Waals surface area contributed by atoms with Crippen molar-refractivity contribution < 1.29 is 0 Å². The highest BCUT2D eigenvalue weighted by Gasteiger charge is 2.19. The van der Waals surface area contributed by atoms with E-state index in [9.17, 15) is 0 Å². The Labute approximate surface area is 320 Å². The van der Waals surface area contributed by atoms with E-state index >= 15 is 0 Å². The van der Waals surface area contributed by atoms with E-state index in [0.29, 0.717) is 0 Å². The first-order valence-electron chi connectivity index (χ1n) is 19.0. The average Bonchev–Trinajstić information content (AvgIpc) is 3.59. The molecule has 55 heavy (non-hydrogen) atoms. The molecule has 1 nitrogen and oxygen atoms in total. The lowest BCUT2D eigenvalue weighted by atomic mass is 9.84. The number of nitrogens with zero attached hydrogens (tertiary/aromatic N) is 1. The maximum absolute atomic E-state index is 2.42. The summed E-state index contributed by atoms with van der Waals surface area (Å²) < 4.78 is 2.42. The number of benzene rings is 10. The zero-order valence-electron chi connectivity index (χ0n) is 30.2. The van der Waals surface area contributed by atoms with E-state index in [0.717, 1.165) is 5.69 Å². The smallest absolute Gasteiger partial charge is 0.0541 e. The SMILES string of the molecule is c1ccc(-c2ccccc2-c2c3ccccc3c(-c3ccc(-n4c5ccccc5c5cc(-c6cccc7ccccc67)ccc54)cc3)c3ccccc23)cc1. The summed E-state index contributed by atoms with van der Waals surface area (Å²) in [6.07, 6.45) is 0. The topological polar surface area (TPSA) is 4.93 Å². The van der Waals surface area contributed by atoms with Gasteiger partial charge in [0.25, 0.3) is 0 Å². The van der Waals surface area contributed by atoms with Crippen LogP contribution in [0.4, 0.5) is 0 Å². The standard InChI is InChI=1S/C54H35N/c1-2-15-36(16-3-1)42-20-6-7-22-45(42)54-48-25-10-8-23-46(48)53(47-24-9-11-26-49(47)54)38-29-32-40(33-30-38)55-51-28-13-12-21-44(51)50-35-39(31-34-52(50)55)43-27-14-18-37-17-4-5-19-41(37)43/h1-35H. The summed E-state index contributed by atoms with van der Waals surface area (Å²) in [5.41, 5.74) is 13.5. The Bertz CT molecular complexity index is 3180. The van der Waals surface area contributed by atoms with Crippen LogP contribution in [0.2, 0.25) is 0 Å². The molecule has 0 aliphatic rings. The summed E-state index contributed by atoms with van der Waals surface area (Å²) in [5.74, 6) is 0. The van der Waals surface area contributed by atoms with Crippen molar-refractivity contribution >= 4 is 54.1 Å². The van der Waals surface area contributed by atoms with Crippen molar-refractivity contribution in [1.82, 2.24) is 4.57 Å². The minimum absolute atomic E-state index is 1.15. The fourth-order valence-corrected chi connectivity index (χ4v) is 8.97. The lowest BCUT2D eigenvalue weighted by Crippen LogP contribution is -1.95. The lowest BCUT2D eigenvalue weighted by molar-refractivity contribution is 1.18. The number of hydrogen-bond acceptors (Lipinski definition) is 0. The number of rotatable bonds is 5. The summed E-state index contributed by atoms with van der Waals surface area (Å²) in [6, 6.07) is 77.7. The van der Waals surface area contributed by atoms with Crippen molar-refractivity contribution in [3.63, 3.8) is 0 Å². The molecule has 1 aromatic heterocycles. The Morgan fingerprint density at radius 3 is 1.49 bits per heavy atom. The Kier molecular flexibility index (Phi) is 7.25. The first-order valence-corrected chi connectivity index (χ1v) is 19.0. The van der Waals surface area contributed by atoms with Crippen molar-refractivity contribution in [3.8, 4) is 50.2 Å². The molecule has 0 spiro atoms. The maximum Gasteiger partial charge on any atom is 0.0541 e. The molecule has 0 fully saturated rings. The molecule has 0 atom stereocenters. The van der Waals surface area contributed by atoms with E-state index in [-0.39, 0.29) is 0 Å². The van der Waals surface area contributed by atoms with Crippen LogP contribution < -0.4 is 0 Å². The summed E-state index contributed by atoms with van der Waals surface area (Å²) >= 11 is 0. The molecule has 1 heterocycles. The summed E-state index contributed by atoms with van der Waals surface area (Å²) in [4.78, 5) is 0. The maximum atomic E-state index is 2.42. The van der Waals surface area contributed by atoms with Crippen molar-refractivity contribution in [1.29, 1.82) is 0 Å². The fourth-order valence-electron chi connectivity index (χ4n) is 8.97. The molecule has 0 amide bonds. The van der Waals surface area contributed by atoms with Crippen LogP contribution in [0.3, 0.4) is 0 Å². The van der Waals surface area contributed by atoms with Crippen LogP contribution in [0.25, 0.3) is 104 Å². The van der Waals surface area contributed by atoms with Gasteiger partial charge in [0.15, 0.2) is 0 Å². The average molecular weight is 698 g/mol. The molecular weight excluding hydrogens is 663 g/mol. The third-order valence-corrected chi connectivity index (χ3v) is 11.4. The van der Waals surface area contributed by atoms with E-state index in [1.54, 1.807) is 0 Å². The van der Waals surface area contributed by atoms with E-state index in [1.807, 2.05) is 0 Å². The van der Waals surface area contributed by atoms with Gasteiger partial charge >= 0.3 is 0 Å². The zero-order chi connectivity index (χ0) is 36.3. The van der Waals surface area contributed by atoms with Gasteiger partial charge in [0.05, 0.1) is 11.0 Å². The highest BCUT2D eigenvalue weighted by atomic mass is 15.0. The van der Waals surface area contributed by atoms with Crippen LogP contribution in [0.1, 0.15) is 0 Å². The van der Waals surface area contributed by atoms with Crippen LogP contribution >= 0.6 is 0 Å². The Morgan fingerprint density at radius 1 is 0.255 bits per heavy atom. The number of aromatic nitrogens is 1. The largest absolute Gasteiger partial charge is 0.309 e. The van der Waals surface area contributed by atoms with Gasteiger partial charge in [-0.1, -0.05) is 182 Å². The summed E-state index contributed by atoms with van der Waals surface area (Å²) in [5, 5.41) is 10.1. The predicted molar refractivity (Wildman–Crippen MR) is 235 cm³/mol. The zero-order valence-corrected chi connectivity index (χ0v) is 30.2. The third-order valence-electron chi connectivity index (χ3n) is 11.4. The van der Waals surface area contributed by atoms with Gasteiger partial charge in [-0.2, -0.15) is 0 Å². The van der Waals surface area contributed by atoms with Gasteiger partial charge in [-0.05, 0) is 107 Å². The molecule has 10 aromatic carbocycles. The second kappa shape index (κ2) is 12.7. The first-order chi connectivity index (χ1) is 27.3. The number of para-hydroxylation sites is 1. The second-order valence-electron chi connectivity index (χ2n) is 14.4. The molecule has 11 rings (SSSR count). The van der Waals surface area contributed by atoms with Crippen molar-refractivity contribution in [2.45, 2.75) is 0 Å². The van der Waals surface area contributed by atoms with E-state index in [1.165, 1.54) is 98.6 Å². The van der Waals surface area contributed by atoms with Gasteiger partial charge in [0, 0.05) is 16.5 Å². The van der Waals surface area contributed by atoms with E-state index in [4.69, 9.17) is 0 Å². The molecule has 0 saturated carbocycles. The van der Waals surface area contributed by atoms with Gasteiger partial charge in [0.1, 0.15) is 0 Å². The highest BCUT2D eigenvalue weighted by molar-refractivity contribution is 6.22. The van der Waals surface area contributed by atoms with Crippen molar-refractivity contribution in [3.05, 3.63) is 212 Å². The van der Waals surface area contributed by atoms with Gasteiger partial charge in [-0.25, -0.2) is 0 Å². The highest BCUT2D eigenvalue weighted by Crippen LogP contribution is 2.46. The molecule has 0 aliphatic heterocycles. The van der Waals surface area contributed by atoms with Gasteiger partial charge in [-0.15, -0.1) is 0 Å². The van der Waals surface area contributed by atoms with Crippen LogP contribution in [0.5, 0.6) is 0 Å². The van der Waals surface area contributed by atoms with Crippen molar-refractivity contribution in [2.75, 3.05) is 0 Å². The second-order valence-corrected chi connectivity index (χ2v) is 14.4. The van der Waals surface area contributed by atoms with Gasteiger partial charge in [0.2, 0.25) is 0 Å². The molecule has 0 aliphatic carbocycles. The van der Waals surface area contributed by atoms with E-state index in [2.05, 4.69) is 217 Å². The first kappa shape index (κ1) is 31.3. The minimum atomic E-state index is 1.15. The predicted octanol–water partition coefficient (Wildman–Crippen LogP) is 14.9. The number of fused-ring (bicyclic) bond motifs is 6. The molecule has 256 valence electrons. The fraction of sp³-hybridized carbons (Fsp3) is 0. The molecule has 0 N–H and O–H groups in total. The Hall–Kier alpha value is -7.22. The monoisotopic (exact) mass is 697 g/mol. The molecule has 11 aromatic rings. The summed E-state index contributed by atoms with van der Waals surface area (Å²) in [7, 11) is 0. The third kappa shape index (κ3) is 5.01. The molecule has 0 unspecified atom stereocenters. The van der Waals surface area contributed by atoms with Gasteiger partial charge in [-0.3, -0.25) is 0 Å². The summed E-state index contributed by atoms with van der Waals surface area (Å²) in [6.45, 7) is 0. The van der Waals surface area contributed by atoms with Gasteiger partial charge < -0.3 is 4.57 Å². The van der Waals surface area contributed by atoms with Crippen LogP contribution in [0, 0.1) is 0 Å². The number of hydrogen-bond donors (Lipinski definition) is 0. The van der Waals surface area contributed by atoms with Crippen LogP contribution in [-0.4, -0.2) is 4.57 Å². The quantitative estimate of drug-likeness (QED) is 0.158. The normalized spacial score (nSPS) is 11.6. The molecule has 0 saturated heterocycles.